The summed E-state index contributed by atoms with van der Waals surface area (Å²) in [5.41, 5.74) is 3.24. The molecule has 0 saturated carbocycles. The minimum absolute atomic E-state index is 0.00502. The zero-order valence-electron chi connectivity index (χ0n) is 21.5. The summed E-state index contributed by atoms with van der Waals surface area (Å²) in [5.74, 6) is 0.346. The lowest BCUT2D eigenvalue weighted by molar-refractivity contribution is -0.123. The number of hydrogen-bond donors (Lipinski definition) is 0. The molecule has 37 heavy (non-hydrogen) atoms. The topological polar surface area (TPSA) is 89.0 Å². The van der Waals surface area contributed by atoms with Gasteiger partial charge in [-0.3, -0.25) is 9.69 Å². The third-order valence-corrected chi connectivity index (χ3v) is 10.4. The predicted molar refractivity (Wildman–Crippen MR) is 145 cm³/mol. The number of aromatic nitrogens is 1. The van der Waals surface area contributed by atoms with E-state index < -0.39 is 10.0 Å². The Bertz CT molecular complexity index is 1370. The highest BCUT2D eigenvalue weighted by Gasteiger charge is 2.36. The van der Waals surface area contributed by atoms with Crippen molar-refractivity contribution in [3.8, 4) is 5.75 Å². The fourth-order valence-electron chi connectivity index (χ4n) is 5.04. The zero-order chi connectivity index (χ0) is 26.2. The summed E-state index contributed by atoms with van der Waals surface area (Å²) in [6, 6.07) is 10.6. The number of aryl methyl sites for hydroxylation is 2. The maximum Gasteiger partial charge on any atom is 0.243 e. The molecule has 0 radical (unpaired) electrons. The number of methoxy groups -OCH3 is 1. The highest BCUT2D eigenvalue weighted by Crippen LogP contribution is 2.35. The Morgan fingerprint density at radius 1 is 1.14 bits per heavy atom. The van der Waals surface area contributed by atoms with Crippen molar-refractivity contribution in [2.24, 2.45) is 5.92 Å². The maximum absolute atomic E-state index is 13.9. The summed E-state index contributed by atoms with van der Waals surface area (Å²) >= 11 is 1.53. The quantitative estimate of drug-likeness (QED) is 0.435. The number of carbonyl (C=O) groups is 1. The van der Waals surface area contributed by atoms with E-state index in [2.05, 4.69) is 26.0 Å². The molecule has 1 unspecified atom stereocenters. The summed E-state index contributed by atoms with van der Waals surface area (Å²) in [7, 11) is -2.09. The lowest BCUT2D eigenvalue weighted by atomic mass is 9.96. The maximum atomic E-state index is 13.9. The van der Waals surface area contributed by atoms with Crippen LogP contribution < -0.4 is 9.64 Å². The van der Waals surface area contributed by atoms with E-state index in [1.807, 2.05) is 0 Å². The van der Waals surface area contributed by atoms with Gasteiger partial charge in [0.25, 0.3) is 0 Å². The number of fused-ring (bicyclic) bond motifs is 1. The van der Waals surface area contributed by atoms with Gasteiger partial charge in [0.1, 0.15) is 5.75 Å². The van der Waals surface area contributed by atoms with E-state index in [4.69, 9.17) is 14.5 Å². The third kappa shape index (κ3) is 5.25. The second-order valence-electron chi connectivity index (χ2n) is 9.79. The Hall–Kier alpha value is -2.53. The van der Waals surface area contributed by atoms with Crippen LogP contribution in [0.25, 0.3) is 10.2 Å². The normalized spacial score (nSPS) is 19.4. The Balaban J connectivity index is 1.34. The molecule has 0 aliphatic carbocycles. The summed E-state index contributed by atoms with van der Waals surface area (Å²) in [6.45, 7) is 5.92. The van der Waals surface area contributed by atoms with Crippen LogP contribution in [0.5, 0.6) is 5.75 Å². The molecule has 0 N–H and O–H groups in total. The first-order valence-corrected chi connectivity index (χ1v) is 15.0. The molecule has 0 bridgehead atoms. The second-order valence-corrected chi connectivity index (χ2v) is 12.7. The van der Waals surface area contributed by atoms with Crippen LogP contribution in [-0.4, -0.2) is 63.1 Å². The molecular formula is C27H33N3O5S2. The molecule has 1 atom stereocenters. The van der Waals surface area contributed by atoms with Gasteiger partial charge in [0.2, 0.25) is 15.9 Å². The third-order valence-electron chi connectivity index (χ3n) is 7.48. The van der Waals surface area contributed by atoms with E-state index in [1.165, 1.54) is 21.2 Å². The van der Waals surface area contributed by atoms with Crippen molar-refractivity contribution in [2.75, 3.05) is 38.3 Å². The second kappa shape index (κ2) is 10.7. The molecule has 3 heterocycles. The molecule has 0 spiro atoms. The molecule has 2 aliphatic heterocycles. The molecule has 1 amide bonds. The van der Waals surface area contributed by atoms with E-state index in [9.17, 15) is 13.2 Å². The van der Waals surface area contributed by atoms with Gasteiger partial charge in [0.15, 0.2) is 5.13 Å². The summed E-state index contributed by atoms with van der Waals surface area (Å²) in [4.78, 5) is 20.8. The van der Waals surface area contributed by atoms with Crippen LogP contribution in [0.2, 0.25) is 0 Å². The smallest absolute Gasteiger partial charge is 0.243 e. The first-order chi connectivity index (χ1) is 17.8. The number of piperidine rings is 1. The van der Waals surface area contributed by atoms with E-state index in [-0.39, 0.29) is 22.8 Å². The minimum atomic E-state index is -3.63. The Labute approximate surface area is 222 Å². The number of ether oxygens (including phenoxy) is 2. The van der Waals surface area contributed by atoms with Crippen LogP contribution in [0.1, 0.15) is 36.8 Å². The highest BCUT2D eigenvalue weighted by atomic mass is 32.2. The zero-order valence-corrected chi connectivity index (χ0v) is 23.1. The minimum Gasteiger partial charge on any atom is -0.497 e. The molecular weight excluding hydrogens is 510 g/mol. The van der Waals surface area contributed by atoms with Gasteiger partial charge < -0.3 is 9.47 Å². The van der Waals surface area contributed by atoms with Gasteiger partial charge in [-0.25, -0.2) is 13.4 Å². The van der Waals surface area contributed by atoms with Crippen molar-refractivity contribution in [1.82, 2.24) is 9.29 Å². The first-order valence-electron chi connectivity index (χ1n) is 12.7. The summed E-state index contributed by atoms with van der Waals surface area (Å²) in [6.07, 6.45) is 2.85. The Morgan fingerprint density at radius 2 is 1.86 bits per heavy atom. The number of amides is 1. The molecule has 2 aliphatic rings. The molecule has 8 nitrogen and oxygen atoms in total. The Morgan fingerprint density at radius 3 is 2.51 bits per heavy atom. The molecule has 5 rings (SSSR count). The summed E-state index contributed by atoms with van der Waals surface area (Å²) < 4.78 is 39.9. The van der Waals surface area contributed by atoms with Crippen molar-refractivity contribution in [2.45, 2.75) is 50.5 Å². The predicted octanol–water partition coefficient (Wildman–Crippen LogP) is 4.53. The van der Waals surface area contributed by atoms with Gasteiger partial charge >= 0.3 is 0 Å². The van der Waals surface area contributed by atoms with E-state index in [1.54, 1.807) is 36.3 Å². The number of anilines is 1. The number of rotatable bonds is 7. The van der Waals surface area contributed by atoms with Crippen molar-refractivity contribution in [3.05, 3.63) is 47.5 Å². The highest BCUT2D eigenvalue weighted by molar-refractivity contribution is 7.89. The molecule has 3 aromatic rings. The number of sulfonamides is 1. The number of nitrogens with zero attached hydrogens (tertiary/aromatic N) is 3. The van der Waals surface area contributed by atoms with Gasteiger partial charge in [-0.2, -0.15) is 4.31 Å². The van der Waals surface area contributed by atoms with Crippen LogP contribution in [0.15, 0.2) is 41.3 Å². The Kier molecular flexibility index (Phi) is 7.53. The van der Waals surface area contributed by atoms with Gasteiger partial charge in [-0.15, -0.1) is 0 Å². The van der Waals surface area contributed by atoms with Gasteiger partial charge in [0, 0.05) is 25.6 Å². The van der Waals surface area contributed by atoms with Crippen LogP contribution in [-0.2, 0) is 19.6 Å². The van der Waals surface area contributed by atoms with Crippen molar-refractivity contribution in [3.63, 3.8) is 0 Å². The van der Waals surface area contributed by atoms with E-state index in [0.717, 1.165) is 28.6 Å². The molecule has 10 heteroatoms. The number of carbonyl (C=O) groups excluding carboxylic acids is 1. The van der Waals surface area contributed by atoms with Crippen LogP contribution in [0.4, 0.5) is 5.13 Å². The largest absolute Gasteiger partial charge is 0.497 e. The van der Waals surface area contributed by atoms with Crippen LogP contribution in [0, 0.1) is 19.8 Å². The number of benzene rings is 2. The lowest BCUT2D eigenvalue weighted by Crippen LogP contribution is -2.46. The van der Waals surface area contributed by atoms with Crippen molar-refractivity contribution < 1.29 is 22.7 Å². The van der Waals surface area contributed by atoms with Gasteiger partial charge in [0.05, 0.1) is 34.9 Å². The average Bonchev–Trinajstić information content (AvgIpc) is 3.59. The molecule has 2 saturated heterocycles. The van der Waals surface area contributed by atoms with Crippen molar-refractivity contribution >= 4 is 42.6 Å². The summed E-state index contributed by atoms with van der Waals surface area (Å²) in [5, 5.41) is 0.692. The van der Waals surface area contributed by atoms with Crippen LogP contribution >= 0.6 is 11.3 Å². The van der Waals surface area contributed by atoms with Gasteiger partial charge in [-0.05, 0) is 81.0 Å². The standard InChI is InChI=1S/C27H33N3O5S2/c1-18-6-11-24-25(19(18)2)28-27(36-24)30(17-22-5-4-16-35-22)26(31)20-12-14-29(15-13-20)37(32,33)23-9-7-21(34-3)8-10-23/h6-11,20,22H,4-5,12-17H2,1-3H3. The fourth-order valence-corrected chi connectivity index (χ4v) is 7.55. The fraction of sp³-hybridized carbons (Fsp3) is 0.481. The van der Waals surface area contributed by atoms with Crippen molar-refractivity contribution in [1.29, 1.82) is 0 Å². The molecule has 2 fully saturated rings. The van der Waals surface area contributed by atoms with E-state index in [0.29, 0.717) is 50.0 Å². The van der Waals surface area contributed by atoms with Crippen LogP contribution in [0.3, 0.4) is 0 Å². The lowest BCUT2D eigenvalue weighted by Gasteiger charge is -2.33. The molecule has 1 aromatic heterocycles. The van der Waals surface area contributed by atoms with E-state index >= 15 is 0 Å². The SMILES string of the molecule is COc1ccc(S(=O)(=O)N2CCC(C(=O)N(CC3CCCO3)c3nc4c(C)c(C)ccc4s3)CC2)cc1. The molecule has 2 aromatic carbocycles. The monoisotopic (exact) mass is 543 g/mol. The molecule has 198 valence electrons. The first kappa shape index (κ1) is 26.1. The average molecular weight is 544 g/mol. The number of thiazole rings is 1. The van der Waals surface area contributed by atoms with Gasteiger partial charge in [-0.1, -0.05) is 17.4 Å². The number of hydrogen-bond acceptors (Lipinski definition) is 7.